The second-order valence-electron chi connectivity index (χ2n) is 3.96. The number of halogens is 1. The van der Waals surface area contributed by atoms with Crippen molar-refractivity contribution in [3.8, 4) is 0 Å². The largest absolute Gasteiger partial charge is 0.330 e. The maximum atomic E-state index is 5.58. The molecule has 2 N–H and O–H groups in total. The Labute approximate surface area is 94.8 Å². The Morgan fingerprint density at radius 3 is 2.50 bits per heavy atom. The van der Waals surface area contributed by atoms with Gasteiger partial charge in [0.05, 0.1) is 0 Å². The van der Waals surface area contributed by atoms with Crippen molar-refractivity contribution < 1.29 is 0 Å². The van der Waals surface area contributed by atoms with E-state index in [1.54, 1.807) is 0 Å². The van der Waals surface area contributed by atoms with Crippen molar-refractivity contribution in [1.82, 2.24) is 0 Å². The van der Waals surface area contributed by atoms with E-state index < -0.39 is 0 Å². The smallest absolute Gasteiger partial charge is 0.0215 e. The molecule has 0 amide bonds. The van der Waals surface area contributed by atoms with Crippen molar-refractivity contribution in [3.05, 3.63) is 33.3 Å². The molecule has 1 nitrogen and oxygen atoms in total. The predicted octanol–water partition coefficient (Wildman–Crippen LogP) is 3.52. The van der Waals surface area contributed by atoms with Crippen LogP contribution >= 0.6 is 15.9 Å². The van der Waals surface area contributed by atoms with Gasteiger partial charge in [-0.25, -0.2) is 0 Å². The molecule has 0 saturated heterocycles. The molecule has 0 heterocycles. The van der Waals surface area contributed by atoms with Crippen molar-refractivity contribution in [2.45, 2.75) is 33.1 Å². The lowest BCUT2D eigenvalue weighted by atomic mass is 9.93. The first kappa shape index (κ1) is 11.7. The highest BCUT2D eigenvalue weighted by Gasteiger charge is 2.11. The number of rotatable bonds is 3. The highest BCUT2D eigenvalue weighted by Crippen LogP contribution is 2.30. The third-order valence-corrected chi connectivity index (χ3v) is 3.23. The zero-order valence-corrected chi connectivity index (χ0v) is 10.7. The van der Waals surface area contributed by atoms with E-state index in [9.17, 15) is 0 Å². The molecule has 78 valence electrons. The van der Waals surface area contributed by atoms with Crippen LogP contribution in [0.15, 0.2) is 16.6 Å². The second kappa shape index (κ2) is 4.94. The first-order valence-corrected chi connectivity index (χ1v) is 5.82. The number of nitrogens with two attached hydrogens (primary N) is 1. The van der Waals surface area contributed by atoms with Gasteiger partial charge >= 0.3 is 0 Å². The van der Waals surface area contributed by atoms with Gasteiger partial charge in [0.2, 0.25) is 0 Å². The Kier molecular flexibility index (Phi) is 4.14. The fourth-order valence-corrected chi connectivity index (χ4v) is 3.01. The zero-order chi connectivity index (χ0) is 10.7. The summed E-state index contributed by atoms with van der Waals surface area (Å²) in [5.74, 6) is 0.537. The van der Waals surface area contributed by atoms with E-state index in [1.165, 1.54) is 21.2 Å². The summed E-state index contributed by atoms with van der Waals surface area (Å²) in [6.45, 7) is 7.27. The minimum Gasteiger partial charge on any atom is -0.330 e. The Hall–Kier alpha value is -0.340. The van der Waals surface area contributed by atoms with E-state index in [1.807, 2.05) is 0 Å². The highest BCUT2D eigenvalue weighted by molar-refractivity contribution is 9.10. The molecular weight excluding hydrogens is 238 g/mol. The van der Waals surface area contributed by atoms with Crippen LogP contribution in [0.1, 0.15) is 36.0 Å². The van der Waals surface area contributed by atoms with E-state index in [4.69, 9.17) is 5.73 Å². The van der Waals surface area contributed by atoms with Crippen molar-refractivity contribution >= 4 is 15.9 Å². The van der Waals surface area contributed by atoms with Crippen LogP contribution in [0.5, 0.6) is 0 Å². The Morgan fingerprint density at radius 2 is 2.00 bits per heavy atom. The molecule has 0 bridgehead atoms. The van der Waals surface area contributed by atoms with Gasteiger partial charge in [-0.2, -0.15) is 0 Å². The molecule has 1 rings (SSSR count). The van der Waals surface area contributed by atoms with Gasteiger partial charge in [-0.3, -0.25) is 0 Å². The van der Waals surface area contributed by atoms with Crippen LogP contribution in [0.4, 0.5) is 0 Å². The van der Waals surface area contributed by atoms with E-state index in [2.05, 4.69) is 48.8 Å². The third-order valence-electron chi connectivity index (χ3n) is 2.57. The van der Waals surface area contributed by atoms with E-state index >= 15 is 0 Å². The molecule has 1 aromatic carbocycles. The first-order valence-electron chi connectivity index (χ1n) is 5.03. The summed E-state index contributed by atoms with van der Waals surface area (Å²) in [5.41, 5.74) is 9.65. The molecule has 0 aliphatic heterocycles. The van der Waals surface area contributed by atoms with Crippen molar-refractivity contribution in [3.63, 3.8) is 0 Å². The number of benzene rings is 1. The molecule has 0 aromatic heterocycles. The lowest BCUT2D eigenvalue weighted by Gasteiger charge is -2.16. The molecule has 0 fully saturated rings. The molecule has 0 aliphatic carbocycles. The van der Waals surface area contributed by atoms with Crippen LogP contribution in [-0.4, -0.2) is 6.54 Å². The second-order valence-corrected chi connectivity index (χ2v) is 4.81. The quantitative estimate of drug-likeness (QED) is 0.879. The predicted molar refractivity (Wildman–Crippen MR) is 65.7 cm³/mol. The summed E-state index contributed by atoms with van der Waals surface area (Å²) in [7, 11) is 0. The van der Waals surface area contributed by atoms with Crippen LogP contribution in [0.25, 0.3) is 0 Å². The van der Waals surface area contributed by atoms with Gasteiger partial charge in [-0.05, 0) is 55.5 Å². The summed E-state index contributed by atoms with van der Waals surface area (Å²) in [5, 5.41) is 0. The van der Waals surface area contributed by atoms with Gasteiger partial charge in [-0.15, -0.1) is 0 Å². The number of hydrogen-bond acceptors (Lipinski definition) is 1. The first-order chi connectivity index (χ1) is 6.56. The third kappa shape index (κ3) is 2.58. The molecule has 14 heavy (non-hydrogen) atoms. The summed E-state index contributed by atoms with van der Waals surface area (Å²) in [6.07, 6.45) is 1.04. The lowest BCUT2D eigenvalue weighted by Crippen LogP contribution is -2.06. The van der Waals surface area contributed by atoms with Crippen molar-refractivity contribution in [2.75, 3.05) is 6.54 Å². The van der Waals surface area contributed by atoms with Crippen molar-refractivity contribution in [1.29, 1.82) is 0 Å². The van der Waals surface area contributed by atoms with Crippen LogP contribution in [0.2, 0.25) is 0 Å². The molecule has 1 aromatic rings. The van der Waals surface area contributed by atoms with Gasteiger partial charge in [0.15, 0.2) is 0 Å². The summed E-state index contributed by atoms with van der Waals surface area (Å²) >= 11 is 3.63. The summed E-state index contributed by atoms with van der Waals surface area (Å²) in [6, 6.07) is 4.41. The molecule has 1 unspecified atom stereocenters. The number of aryl methyl sites for hydroxylation is 2. The standard InChI is InChI=1S/C12H18BrN/c1-8-6-10(3)12(11(13)7-8)9(2)4-5-14/h6-7,9H,4-5,14H2,1-3H3. The minimum atomic E-state index is 0.537. The average Bonchev–Trinajstić information content (AvgIpc) is 2.01. The maximum absolute atomic E-state index is 5.58. The Balaban J connectivity index is 3.07. The van der Waals surface area contributed by atoms with Gasteiger partial charge in [0.25, 0.3) is 0 Å². The van der Waals surface area contributed by atoms with Crippen molar-refractivity contribution in [2.24, 2.45) is 5.73 Å². The van der Waals surface area contributed by atoms with Crippen LogP contribution in [-0.2, 0) is 0 Å². The van der Waals surface area contributed by atoms with E-state index in [0.29, 0.717) is 5.92 Å². The molecule has 0 spiro atoms. The Bertz CT molecular complexity index is 297. The van der Waals surface area contributed by atoms with Crippen LogP contribution < -0.4 is 5.73 Å². The van der Waals surface area contributed by atoms with E-state index in [0.717, 1.165) is 13.0 Å². The maximum Gasteiger partial charge on any atom is 0.0215 e. The zero-order valence-electron chi connectivity index (χ0n) is 9.10. The monoisotopic (exact) mass is 255 g/mol. The van der Waals surface area contributed by atoms with Gasteiger partial charge in [-0.1, -0.05) is 28.9 Å². The summed E-state index contributed by atoms with van der Waals surface area (Å²) in [4.78, 5) is 0. The SMILES string of the molecule is Cc1cc(C)c(C(C)CCN)c(Br)c1. The van der Waals surface area contributed by atoms with Gasteiger partial charge in [0, 0.05) is 4.47 Å². The van der Waals surface area contributed by atoms with Gasteiger partial charge in [0.1, 0.15) is 0 Å². The Morgan fingerprint density at radius 1 is 1.36 bits per heavy atom. The molecule has 2 heteroatoms. The fraction of sp³-hybridized carbons (Fsp3) is 0.500. The normalized spacial score (nSPS) is 12.9. The minimum absolute atomic E-state index is 0.537. The summed E-state index contributed by atoms with van der Waals surface area (Å²) < 4.78 is 1.22. The fourth-order valence-electron chi connectivity index (χ4n) is 1.95. The molecule has 0 saturated carbocycles. The molecule has 0 radical (unpaired) electrons. The van der Waals surface area contributed by atoms with Crippen LogP contribution in [0, 0.1) is 13.8 Å². The van der Waals surface area contributed by atoms with E-state index in [-0.39, 0.29) is 0 Å². The molecule has 0 aliphatic rings. The molecule has 1 atom stereocenters. The lowest BCUT2D eigenvalue weighted by molar-refractivity contribution is 0.683. The number of hydrogen-bond donors (Lipinski definition) is 1. The molecular formula is C12H18BrN. The average molecular weight is 256 g/mol. The highest BCUT2D eigenvalue weighted by atomic mass is 79.9. The van der Waals surface area contributed by atoms with Gasteiger partial charge < -0.3 is 5.73 Å². The van der Waals surface area contributed by atoms with Crippen LogP contribution in [0.3, 0.4) is 0 Å². The topological polar surface area (TPSA) is 26.0 Å².